The van der Waals surface area contributed by atoms with Crippen LogP contribution < -0.4 is 5.73 Å². The third-order valence-corrected chi connectivity index (χ3v) is 2.81. The zero-order valence-corrected chi connectivity index (χ0v) is 10.7. The fraction of sp³-hybridized carbons (Fsp3) is 0.667. The third kappa shape index (κ3) is 3.56. The van der Waals surface area contributed by atoms with Gasteiger partial charge in [-0.25, -0.2) is 0 Å². The predicted molar refractivity (Wildman–Crippen MR) is 65.5 cm³/mol. The van der Waals surface area contributed by atoms with E-state index in [2.05, 4.69) is 12.0 Å². The minimum Gasteiger partial charge on any atom is -0.469 e. The van der Waals surface area contributed by atoms with Crippen molar-refractivity contribution in [3.8, 4) is 0 Å². The average Bonchev–Trinajstić information content (AvgIpc) is 2.73. The van der Waals surface area contributed by atoms with Crippen molar-refractivity contribution < 1.29 is 9.53 Å². The van der Waals surface area contributed by atoms with Gasteiger partial charge in [0.05, 0.1) is 13.5 Å². The summed E-state index contributed by atoms with van der Waals surface area (Å²) in [5.74, 6) is -0.284. The Labute approximate surface area is 102 Å². The number of carbonyl (C=O) groups is 1. The van der Waals surface area contributed by atoms with Gasteiger partial charge in [0.25, 0.3) is 0 Å². The van der Waals surface area contributed by atoms with E-state index in [1.165, 1.54) is 7.11 Å². The molecule has 0 amide bonds. The maximum atomic E-state index is 11.4. The number of esters is 1. The Kier molecular flexibility index (Phi) is 5.15. The summed E-state index contributed by atoms with van der Waals surface area (Å²) >= 11 is 0. The number of aromatic nitrogens is 2. The van der Waals surface area contributed by atoms with E-state index in [0.717, 1.165) is 18.7 Å². The fourth-order valence-corrected chi connectivity index (χ4v) is 1.88. The molecule has 5 heteroatoms. The van der Waals surface area contributed by atoms with Crippen molar-refractivity contribution in [1.82, 2.24) is 9.78 Å². The minimum atomic E-state index is -0.239. The maximum absolute atomic E-state index is 11.4. The number of carbonyl (C=O) groups excluding carboxylic acids is 1. The number of hydrogen-bond acceptors (Lipinski definition) is 4. The van der Waals surface area contributed by atoms with Crippen LogP contribution in [0, 0.1) is 0 Å². The van der Waals surface area contributed by atoms with Crippen LogP contribution >= 0.6 is 0 Å². The molecule has 0 aromatic carbocycles. The monoisotopic (exact) mass is 239 g/mol. The minimum absolute atomic E-state index is 0.0449. The van der Waals surface area contributed by atoms with Gasteiger partial charge in [-0.1, -0.05) is 6.92 Å². The number of nitrogens with two attached hydrogens (primary N) is 1. The van der Waals surface area contributed by atoms with Crippen molar-refractivity contribution >= 4 is 5.97 Å². The molecule has 0 spiro atoms. The molecule has 1 aromatic rings. The summed E-state index contributed by atoms with van der Waals surface area (Å²) in [5.41, 5.74) is 6.95. The molecule has 96 valence electrons. The molecule has 1 rings (SSSR count). The zero-order valence-electron chi connectivity index (χ0n) is 10.7. The highest BCUT2D eigenvalue weighted by Crippen LogP contribution is 2.23. The fourth-order valence-electron chi connectivity index (χ4n) is 1.88. The molecule has 0 fully saturated rings. The summed E-state index contributed by atoms with van der Waals surface area (Å²) in [6, 6.07) is 1.81. The molecule has 0 aliphatic rings. The largest absolute Gasteiger partial charge is 0.469 e. The van der Waals surface area contributed by atoms with Crippen LogP contribution in [-0.2, 0) is 16.1 Å². The van der Waals surface area contributed by atoms with Crippen LogP contribution in [0.2, 0.25) is 0 Å². The van der Waals surface area contributed by atoms with Crippen molar-refractivity contribution in [3.05, 3.63) is 18.0 Å². The lowest BCUT2D eigenvalue weighted by Gasteiger charge is -2.20. The average molecular weight is 239 g/mol. The lowest BCUT2D eigenvalue weighted by atomic mass is 9.94. The molecular weight excluding hydrogens is 218 g/mol. The van der Waals surface area contributed by atoms with E-state index in [0.29, 0.717) is 6.42 Å². The second-order valence-corrected chi connectivity index (χ2v) is 4.23. The molecule has 5 nitrogen and oxygen atoms in total. The van der Waals surface area contributed by atoms with Crippen LogP contribution in [0.4, 0.5) is 0 Å². The maximum Gasteiger partial charge on any atom is 0.306 e. The lowest BCUT2D eigenvalue weighted by molar-refractivity contribution is -0.141. The molecular formula is C12H21N3O2. The van der Waals surface area contributed by atoms with E-state index in [9.17, 15) is 4.79 Å². The molecule has 0 bridgehead atoms. The molecule has 2 atom stereocenters. The van der Waals surface area contributed by atoms with Crippen molar-refractivity contribution in [2.75, 3.05) is 7.11 Å². The summed E-state index contributed by atoms with van der Waals surface area (Å²) in [5, 5.41) is 4.25. The van der Waals surface area contributed by atoms with E-state index in [-0.39, 0.29) is 17.9 Å². The van der Waals surface area contributed by atoms with Crippen molar-refractivity contribution in [3.63, 3.8) is 0 Å². The van der Waals surface area contributed by atoms with Crippen LogP contribution in [0.3, 0.4) is 0 Å². The van der Waals surface area contributed by atoms with Crippen LogP contribution in [-0.4, -0.2) is 28.9 Å². The van der Waals surface area contributed by atoms with E-state index in [4.69, 9.17) is 10.5 Å². The van der Waals surface area contributed by atoms with Crippen molar-refractivity contribution in [2.45, 2.75) is 45.2 Å². The number of aryl methyl sites for hydroxylation is 1. The third-order valence-electron chi connectivity index (χ3n) is 2.81. The highest BCUT2D eigenvalue weighted by molar-refractivity contribution is 5.70. The summed E-state index contributed by atoms with van der Waals surface area (Å²) < 4.78 is 6.62. The Morgan fingerprint density at radius 3 is 2.88 bits per heavy atom. The quantitative estimate of drug-likeness (QED) is 0.759. The molecule has 0 saturated heterocycles. The molecule has 1 heterocycles. The first-order valence-corrected chi connectivity index (χ1v) is 5.94. The SMILES string of the molecule is CCCn1nccc1C(CC(=O)OC)C(C)N. The summed E-state index contributed by atoms with van der Waals surface area (Å²) in [4.78, 5) is 11.4. The van der Waals surface area contributed by atoms with E-state index >= 15 is 0 Å². The van der Waals surface area contributed by atoms with Gasteiger partial charge in [-0.15, -0.1) is 0 Å². The lowest BCUT2D eigenvalue weighted by Crippen LogP contribution is -2.29. The summed E-state index contributed by atoms with van der Waals surface area (Å²) in [6.45, 7) is 4.83. The Morgan fingerprint density at radius 2 is 2.35 bits per heavy atom. The first kappa shape index (κ1) is 13.7. The Bertz CT molecular complexity index is 360. The van der Waals surface area contributed by atoms with Gasteiger partial charge < -0.3 is 10.5 Å². The van der Waals surface area contributed by atoms with Crippen molar-refractivity contribution in [2.24, 2.45) is 5.73 Å². The number of methoxy groups -OCH3 is 1. The molecule has 1 aromatic heterocycles. The summed E-state index contributed by atoms with van der Waals surface area (Å²) in [6.07, 6.45) is 3.04. The molecule has 2 N–H and O–H groups in total. The van der Waals surface area contributed by atoms with Gasteiger partial charge in [-0.3, -0.25) is 9.48 Å². The van der Waals surface area contributed by atoms with Gasteiger partial charge in [0, 0.05) is 30.4 Å². The Balaban J connectivity index is 2.89. The highest BCUT2D eigenvalue weighted by Gasteiger charge is 2.23. The van der Waals surface area contributed by atoms with Gasteiger partial charge >= 0.3 is 5.97 Å². The van der Waals surface area contributed by atoms with Crippen LogP contribution in [0.5, 0.6) is 0 Å². The topological polar surface area (TPSA) is 70.1 Å². The second kappa shape index (κ2) is 6.39. The zero-order chi connectivity index (χ0) is 12.8. The second-order valence-electron chi connectivity index (χ2n) is 4.23. The van der Waals surface area contributed by atoms with Crippen molar-refractivity contribution in [1.29, 1.82) is 0 Å². The number of ether oxygens (including phenoxy) is 1. The van der Waals surface area contributed by atoms with Crippen LogP contribution in [0.15, 0.2) is 12.3 Å². The Morgan fingerprint density at radius 1 is 1.65 bits per heavy atom. The van der Waals surface area contributed by atoms with E-state index < -0.39 is 0 Å². The van der Waals surface area contributed by atoms with Gasteiger partial charge in [-0.05, 0) is 19.4 Å². The van der Waals surface area contributed by atoms with Gasteiger partial charge in [0.15, 0.2) is 0 Å². The van der Waals surface area contributed by atoms with Gasteiger partial charge in [0.1, 0.15) is 0 Å². The molecule has 0 saturated carbocycles. The van der Waals surface area contributed by atoms with Gasteiger partial charge in [-0.2, -0.15) is 5.10 Å². The number of nitrogens with zero attached hydrogens (tertiary/aromatic N) is 2. The molecule has 2 unspecified atom stereocenters. The molecule has 17 heavy (non-hydrogen) atoms. The van der Waals surface area contributed by atoms with Crippen LogP contribution in [0.25, 0.3) is 0 Å². The first-order chi connectivity index (χ1) is 8.10. The highest BCUT2D eigenvalue weighted by atomic mass is 16.5. The summed E-state index contributed by atoms with van der Waals surface area (Å²) in [7, 11) is 1.39. The number of hydrogen-bond donors (Lipinski definition) is 1. The first-order valence-electron chi connectivity index (χ1n) is 5.94. The van der Waals surface area contributed by atoms with E-state index in [1.54, 1.807) is 6.20 Å². The van der Waals surface area contributed by atoms with Crippen LogP contribution in [0.1, 0.15) is 38.3 Å². The number of rotatable bonds is 6. The predicted octanol–water partition coefficient (Wildman–Crippen LogP) is 1.29. The molecule has 0 radical (unpaired) electrons. The smallest absolute Gasteiger partial charge is 0.306 e. The normalized spacial score (nSPS) is 14.4. The standard InChI is InChI=1S/C12H21N3O2/c1-4-7-15-11(5-6-14-15)10(9(2)13)8-12(16)17-3/h5-6,9-10H,4,7-8,13H2,1-3H3. The van der Waals surface area contributed by atoms with E-state index in [1.807, 2.05) is 17.7 Å². The Hall–Kier alpha value is -1.36. The molecule has 0 aliphatic carbocycles. The van der Waals surface area contributed by atoms with Gasteiger partial charge in [0.2, 0.25) is 0 Å². The molecule has 0 aliphatic heterocycles.